The molecular weight excluding hydrogens is 208 g/mol. The lowest BCUT2D eigenvalue weighted by Gasteiger charge is -2.43. The second-order valence-electron chi connectivity index (χ2n) is 6.87. The largest absolute Gasteiger partial charge is 0.300 e. The summed E-state index contributed by atoms with van der Waals surface area (Å²) in [6, 6.07) is 0. The summed E-state index contributed by atoms with van der Waals surface area (Å²) in [6.07, 6.45) is 8.35. The van der Waals surface area contributed by atoms with Crippen LogP contribution in [0.1, 0.15) is 65.7 Å². The molecule has 0 amide bonds. The number of carbonyl (C=O) groups is 1. The van der Waals surface area contributed by atoms with Gasteiger partial charge in [0.25, 0.3) is 0 Å². The maximum absolute atomic E-state index is 11.4. The van der Waals surface area contributed by atoms with Gasteiger partial charge in [0.15, 0.2) is 0 Å². The quantitative estimate of drug-likeness (QED) is 0.692. The van der Waals surface area contributed by atoms with Crippen LogP contribution in [0.2, 0.25) is 0 Å². The van der Waals surface area contributed by atoms with E-state index in [1.807, 2.05) is 0 Å². The van der Waals surface area contributed by atoms with E-state index in [1.54, 1.807) is 0 Å². The van der Waals surface area contributed by atoms with Crippen molar-refractivity contribution in [3.8, 4) is 0 Å². The van der Waals surface area contributed by atoms with E-state index >= 15 is 0 Å². The van der Waals surface area contributed by atoms with Crippen LogP contribution in [0, 0.1) is 29.6 Å². The van der Waals surface area contributed by atoms with Gasteiger partial charge < -0.3 is 0 Å². The molecule has 0 saturated heterocycles. The fourth-order valence-electron chi connectivity index (χ4n) is 4.21. The first-order valence-electron chi connectivity index (χ1n) is 7.59. The van der Waals surface area contributed by atoms with Gasteiger partial charge in [-0.05, 0) is 55.3 Å². The van der Waals surface area contributed by atoms with Crippen LogP contribution >= 0.6 is 0 Å². The van der Waals surface area contributed by atoms with Crippen molar-refractivity contribution in [2.75, 3.05) is 0 Å². The predicted molar refractivity (Wildman–Crippen MR) is 71.8 cm³/mol. The third kappa shape index (κ3) is 3.11. The highest BCUT2D eigenvalue weighted by Crippen LogP contribution is 2.45. The van der Waals surface area contributed by atoms with Crippen LogP contribution in [-0.4, -0.2) is 5.78 Å². The molecule has 0 spiro atoms. The van der Waals surface area contributed by atoms with Crippen molar-refractivity contribution in [1.29, 1.82) is 0 Å². The van der Waals surface area contributed by atoms with E-state index in [0.29, 0.717) is 5.78 Å². The lowest BCUT2D eigenvalue weighted by Crippen LogP contribution is -2.34. The highest BCUT2D eigenvalue weighted by molar-refractivity contribution is 5.79. The molecular formula is C16H28O. The maximum Gasteiger partial charge on any atom is 0.132 e. The summed E-state index contributed by atoms with van der Waals surface area (Å²) in [5.74, 6) is 4.92. The molecule has 98 valence electrons. The molecule has 0 aromatic rings. The molecule has 2 fully saturated rings. The molecule has 0 aliphatic heterocycles. The lowest BCUT2D eigenvalue weighted by atomic mass is 9.62. The zero-order valence-corrected chi connectivity index (χ0v) is 11.7. The molecule has 0 heterocycles. The Morgan fingerprint density at radius 2 is 1.71 bits per heavy atom. The highest BCUT2D eigenvalue weighted by Gasteiger charge is 2.36. The van der Waals surface area contributed by atoms with Crippen molar-refractivity contribution in [2.24, 2.45) is 29.6 Å². The molecule has 3 unspecified atom stereocenters. The molecule has 2 aliphatic carbocycles. The van der Waals surface area contributed by atoms with Crippen molar-refractivity contribution in [2.45, 2.75) is 65.7 Å². The summed E-state index contributed by atoms with van der Waals surface area (Å²) in [4.78, 5) is 11.4. The summed E-state index contributed by atoms with van der Waals surface area (Å²) in [7, 11) is 0. The Balaban J connectivity index is 2.01. The predicted octanol–water partition coefficient (Wildman–Crippen LogP) is 4.45. The number of rotatable bonds is 2. The van der Waals surface area contributed by atoms with Gasteiger partial charge >= 0.3 is 0 Å². The monoisotopic (exact) mass is 236 g/mol. The minimum absolute atomic E-state index is 0.506. The Labute approximate surface area is 106 Å². The zero-order valence-electron chi connectivity index (χ0n) is 11.7. The SMILES string of the molecule is CC1CCC(C(C)C)C(C2CCC(=O)CC2)C1. The summed E-state index contributed by atoms with van der Waals surface area (Å²) < 4.78 is 0. The van der Waals surface area contributed by atoms with Crippen molar-refractivity contribution in [1.82, 2.24) is 0 Å². The first-order chi connectivity index (χ1) is 8.08. The highest BCUT2D eigenvalue weighted by atomic mass is 16.1. The van der Waals surface area contributed by atoms with Crippen LogP contribution in [0.25, 0.3) is 0 Å². The minimum Gasteiger partial charge on any atom is -0.300 e. The van der Waals surface area contributed by atoms with Gasteiger partial charge in [-0.3, -0.25) is 4.79 Å². The number of Topliss-reactive ketones (excluding diaryl/α,β-unsaturated/α-hetero) is 1. The summed E-state index contributed by atoms with van der Waals surface area (Å²) in [6.45, 7) is 7.20. The van der Waals surface area contributed by atoms with Gasteiger partial charge in [0, 0.05) is 12.8 Å². The fourth-order valence-corrected chi connectivity index (χ4v) is 4.21. The normalized spacial score (nSPS) is 36.5. The third-order valence-electron chi connectivity index (χ3n) is 5.27. The first kappa shape index (κ1) is 13.1. The van der Waals surface area contributed by atoms with E-state index in [0.717, 1.165) is 42.4 Å². The molecule has 2 aliphatic rings. The molecule has 0 aromatic carbocycles. The van der Waals surface area contributed by atoms with Crippen LogP contribution in [0.4, 0.5) is 0 Å². The van der Waals surface area contributed by atoms with Crippen LogP contribution in [-0.2, 0) is 4.79 Å². The Bertz CT molecular complexity index is 259. The maximum atomic E-state index is 11.4. The third-order valence-corrected chi connectivity index (χ3v) is 5.27. The van der Waals surface area contributed by atoms with Crippen molar-refractivity contribution < 1.29 is 4.79 Å². The van der Waals surface area contributed by atoms with Gasteiger partial charge in [0.05, 0.1) is 0 Å². The standard InChI is InChI=1S/C16H28O/c1-11(2)15-9-4-12(3)10-16(15)13-5-7-14(17)8-6-13/h11-13,15-16H,4-10H2,1-3H3. The van der Waals surface area contributed by atoms with Gasteiger partial charge in [-0.1, -0.05) is 27.2 Å². The Morgan fingerprint density at radius 3 is 2.29 bits per heavy atom. The number of hydrogen-bond acceptors (Lipinski definition) is 1. The average Bonchev–Trinajstić information content (AvgIpc) is 2.29. The number of hydrogen-bond donors (Lipinski definition) is 0. The molecule has 17 heavy (non-hydrogen) atoms. The van der Waals surface area contributed by atoms with Crippen molar-refractivity contribution in [3.05, 3.63) is 0 Å². The second kappa shape index (κ2) is 5.54. The molecule has 2 rings (SSSR count). The van der Waals surface area contributed by atoms with Crippen molar-refractivity contribution >= 4 is 5.78 Å². The minimum atomic E-state index is 0.506. The van der Waals surface area contributed by atoms with Gasteiger partial charge in [-0.15, -0.1) is 0 Å². The van der Waals surface area contributed by atoms with Gasteiger partial charge in [-0.2, -0.15) is 0 Å². The Morgan fingerprint density at radius 1 is 1.06 bits per heavy atom. The first-order valence-corrected chi connectivity index (χ1v) is 7.59. The molecule has 1 heteroatoms. The molecule has 3 atom stereocenters. The molecule has 0 bridgehead atoms. The van der Waals surface area contributed by atoms with Gasteiger partial charge in [0.1, 0.15) is 5.78 Å². The summed E-state index contributed by atoms with van der Waals surface area (Å²) in [5.41, 5.74) is 0. The average molecular weight is 236 g/mol. The van der Waals surface area contributed by atoms with Gasteiger partial charge in [0.2, 0.25) is 0 Å². The van der Waals surface area contributed by atoms with E-state index in [2.05, 4.69) is 20.8 Å². The fraction of sp³-hybridized carbons (Fsp3) is 0.938. The topological polar surface area (TPSA) is 17.1 Å². The van der Waals surface area contributed by atoms with Crippen LogP contribution in [0.5, 0.6) is 0 Å². The second-order valence-corrected chi connectivity index (χ2v) is 6.87. The van der Waals surface area contributed by atoms with E-state index in [-0.39, 0.29) is 0 Å². The lowest BCUT2D eigenvalue weighted by molar-refractivity contribution is -0.121. The summed E-state index contributed by atoms with van der Waals surface area (Å²) in [5, 5.41) is 0. The smallest absolute Gasteiger partial charge is 0.132 e. The van der Waals surface area contributed by atoms with Crippen LogP contribution < -0.4 is 0 Å². The van der Waals surface area contributed by atoms with Crippen molar-refractivity contribution in [3.63, 3.8) is 0 Å². The van der Waals surface area contributed by atoms with Crippen LogP contribution in [0.15, 0.2) is 0 Å². The van der Waals surface area contributed by atoms with E-state index in [9.17, 15) is 4.79 Å². The Kier molecular flexibility index (Phi) is 4.27. The molecule has 0 aromatic heterocycles. The number of carbonyl (C=O) groups excluding carboxylic acids is 1. The Hall–Kier alpha value is -0.330. The van der Waals surface area contributed by atoms with Gasteiger partial charge in [-0.25, -0.2) is 0 Å². The van der Waals surface area contributed by atoms with E-state index in [4.69, 9.17) is 0 Å². The zero-order chi connectivity index (χ0) is 12.4. The molecule has 0 N–H and O–H groups in total. The molecule has 1 nitrogen and oxygen atoms in total. The van der Waals surface area contributed by atoms with E-state index in [1.165, 1.54) is 32.1 Å². The summed E-state index contributed by atoms with van der Waals surface area (Å²) >= 11 is 0. The number of ketones is 1. The van der Waals surface area contributed by atoms with E-state index < -0.39 is 0 Å². The molecule has 2 saturated carbocycles. The molecule has 0 radical (unpaired) electrons. The van der Waals surface area contributed by atoms with Crippen LogP contribution in [0.3, 0.4) is 0 Å².